The van der Waals surface area contributed by atoms with Crippen LogP contribution in [-0.2, 0) is 20.0 Å². The van der Waals surface area contributed by atoms with Gasteiger partial charge in [0.1, 0.15) is 0 Å². The highest BCUT2D eigenvalue weighted by atomic mass is 35.5. The molecule has 0 radical (unpaired) electrons. The van der Waals surface area contributed by atoms with Crippen molar-refractivity contribution < 1.29 is 0 Å². The first-order valence-corrected chi connectivity index (χ1v) is 5.53. The molecule has 1 saturated carbocycles. The molecule has 0 aliphatic heterocycles. The molecule has 1 aromatic rings. The maximum atomic E-state index is 6.21. The molecule has 0 saturated heterocycles. The molecule has 1 fully saturated rings. The van der Waals surface area contributed by atoms with Crippen molar-refractivity contribution in [3.05, 3.63) is 16.4 Å². The smallest absolute Gasteiger partial charge is 0.0863 e. The first-order valence-electron chi connectivity index (χ1n) is 5.16. The van der Waals surface area contributed by atoms with E-state index in [0.717, 1.165) is 29.4 Å². The third-order valence-electron chi connectivity index (χ3n) is 2.64. The predicted molar refractivity (Wildman–Crippen MR) is 57.5 cm³/mol. The van der Waals surface area contributed by atoms with E-state index in [1.807, 2.05) is 11.7 Å². The van der Waals surface area contributed by atoms with Gasteiger partial charge < -0.3 is 5.32 Å². The minimum absolute atomic E-state index is 0.714. The van der Waals surface area contributed by atoms with Gasteiger partial charge in [0.2, 0.25) is 0 Å². The lowest BCUT2D eigenvalue weighted by Gasteiger charge is -2.03. The average molecular weight is 214 g/mol. The Hall–Kier alpha value is -0.540. The lowest BCUT2D eigenvalue weighted by molar-refractivity contribution is 0.621. The molecule has 14 heavy (non-hydrogen) atoms. The first kappa shape index (κ1) is 9.99. The Kier molecular flexibility index (Phi) is 2.79. The zero-order valence-electron chi connectivity index (χ0n) is 8.68. The van der Waals surface area contributed by atoms with Crippen molar-refractivity contribution in [2.24, 2.45) is 7.05 Å². The summed E-state index contributed by atoms with van der Waals surface area (Å²) in [5, 5.41) is 8.65. The van der Waals surface area contributed by atoms with E-state index in [2.05, 4.69) is 17.3 Å². The molecule has 1 aliphatic carbocycles. The second-order valence-electron chi connectivity index (χ2n) is 3.84. The number of hydrogen-bond donors (Lipinski definition) is 1. The standard InChI is InChI=1S/C10H16ClN3/c1-3-8-10(11)9(14(2)13-8)6-12-7-4-5-7/h7,12H,3-6H2,1-2H3. The van der Waals surface area contributed by atoms with Crippen LogP contribution in [0, 0.1) is 0 Å². The molecule has 0 aromatic carbocycles. The van der Waals surface area contributed by atoms with Crippen LogP contribution in [0.4, 0.5) is 0 Å². The van der Waals surface area contributed by atoms with E-state index in [1.165, 1.54) is 12.8 Å². The van der Waals surface area contributed by atoms with Crippen molar-refractivity contribution >= 4 is 11.6 Å². The molecule has 0 bridgehead atoms. The molecule has 0 spiro atoms. The van der Waals surface area contributed by atoms with Gasteiger partial charge in [-0.25, -0.2) is 0 Å². The topological polar surface area (TPSA) is 29.9 Å². The van der Waals surface area contributed by atoms with Gasteiger partial charge in [-0.3, -0.25) is 4.68 Å². The maximum absolute atomic E-state index is 6.21. The van der Waals surface area contributed by atoms with Gasteiger partial charge in [-0.15, -0.1) is 0 Å². The monoisotopic (exact) mass is 213 g/mol. The van der Waals surface area contributed by atoms with E-state index >= 15 is 0 Å². The van der Waals surface area contributed by atoms with Gasteiger partial charge in [-0.1, -0.05) is 18.5 Å². The van der Waals surface area contributed by atoms with E-state index in [4.69, 9.17) is 11.6 Å². The number of aryl methyl sites for hydroxylation is 2. The van der Waals surface area contributed by atoms with Crippen molar-refractivity contribution in [2.45, 2.75) is 38.8 Å². The fourth-order valence-corrected chi connectivity index (χ4v) is 1.90. The van der Waals surface area contributed by atoms with E-state index in [-0.39, 0.29) is 0 Å². The van der Waals surface area contributed by atoms with E-state index < -0.39 is 0 Å². The van der Waals surface area contributed by atoms with Crippen LogP contribution < -0.4 is 5.32 Å². The maximum Gasteiger partial charge on any atom is 0.0863 e. The molecule has 4 heteroatoms. The van der Waals surface area contributed by atoms with Gasteiger partial charge in [0.05, 0.1) is 16.4 Å². The minimum Gasteiger partial charge on any atom is -0.308 e. The summed E-state index contributed by atoms with van der Waals surface area (Å²) in [6.07, 6.45) is 3.50. The fraction of sp³-hybridized carbons (Fsp3) is 0.700. The molecule has 3 nitrogen and oxygen atoms in total. The molecule has 0 unspecified atom stereocenters. The highest BCUT2D eigenvalue weighted by Gasteiger charge is 2.21. The Morgan fingerprint density at radius 1 is 1.57 bits per heavy atom. The summed E-state index contributed by atoms with van der Waals surface area (Å²) in [5.41, 5.74) is 2.11. The molecule has 1 aliphatic rings. The molecule has 78 valence electrons. The molecule has 0 amide bonds. The normalized spacial score (nSPS) is 16.2. The van der Waals surface area contributed by atoms with Crippen LogP contribution in [0.25, 0.3) is 0 Å². The summed E-state index contributed by atoms with van der Waals surface area (Å²) in [7, 11) is 1.95. The van der Waals surface area contributed by atoms with Gasteiger partial charge >= 0.3 is 0 Å². The van der Waals surface area contributed by atoms with Gasteiger partial charge in [0.15, 0.2) is 0 Å². The van der Waals surface area contributed by atoms with Gasteiger partial charge in [0.25, 0.3) is 0 Å². The lowest BCUT2D eigenvalue weighted by atomic mass is 10.3. The van der Waals surface area contributed by atoms with Gasteiger partial charge in [-0.05, 0) is 19.3 Å². The van der Waals surface area contributed by atoms with Crippen LogP contribution in [0.2, 0.25) is 5.02 Å². The summed E-state index contributed by atoms with van der Waals surface area (Å²) in [5.74, 6) is 0. The summed E-state index contributed by atoms with van der Waals surface area (Å²) in [4.78, 5) is 0. The van der Waals surface area contributed by atoms with E-state index in [9.17, 15) is 0 Å². The van der Waals surface area contributed by atoms with Crippen molar-refractivity contribution in [3.63, 3.8) is 0 Å². The average Bonchev–Trinajstić information content (AvgIpc) is 2.93. The van der Waals surface area contributed by atoms with Crippen LogP contribution in [-0.4, -0.2) is 15.8 Å². The second kappa shape index (κ2) is 3.91. The van der Waals surface area contributed by atoms with Crippen LogP contribution in [0.5, 0.6) is 0 Å². The molecule has 0 atom stereocenters. The Balaban J connectivity index is 2.09. The Bertz CT molecular complexity index is 328. The largest absolute Gasteiger partial charge is 0.308 e. The number of nitrogens with zero attached hydrogens (tertiary/aromatic N) is 2. The van der Waals surface area contributed by atoms with Crippen molar-refractivity contribution in [3.8, 4) is 0 Å². The molecular formula is C10H16ClN3. The number of hydrogen-bond acceptors (Lipinski definition) is 2. The van der Waals surface area contributed by atoms with Crippen molar-refractivity contribution in [2.75, 3.05) is 0 Å². The SMILES string of the molecule is CCc1nn(C)c(CNC2CC2)c1Cl. The number of rotatable bonds is 4. The molecule has 1 N–H and O–H groups in total. The van der Waals surface area contributed by atoms with Gasteiger partial charge in [-0.2, -0.15) is 5.10 Å². The molecule has 1 heterocycles. The van der Waals surface area contributed by atoms with Crippen LogP contribution in [0.1, 0.15) is 31.2 Å². The molecule has 1 aromatic heterocycles. The second-order valence-corrected chi connectivity index (χ2v) is 4.22. The zero-order valence-corrected chi connectivity index (χ0v) is 9.43. The zero-order chi connectivity index (χ0) is 10.1. The first-order chi connectivity index (χ1) is 6.72. The predicted octanol–water partition coefficient (Wildman–Crippen LogP) is 1.89. The van der Waals surface area contributed by atoms with Crippen LogP contribution in [0.3, 0.4) is 0 Å². The van der Waals surface area contributed by atoms with E-state index in [1.54, 1.807) is 0 Å². The summed E-state index contributed by atoms with van der Waals surface area (Å²) >= 11 is 6.21. The highest BCUT2D eigenvalue weighted by Crippen LogP contribution is 2.23. The Labute approximate surface area is 89.4 Å². The van der Waals surface area contributed by atoms with Crippen LogP contribution in [0.15, 0.2) is 0 Å². The number of halogens is 1. The molecule has 2 rings (SSSR count). The van der Waals surface area contributed by atoms with Crippen molar-refractivity contribution in [1.29, 1.82) is 0 Å². The summed E-state index contributed by atoms with van der Waals surface area (Å²) in [6.45, 7) is 2.92. The third kappa shape index (κ3) is 1.93. The Morgan fingerprint density at radius 2 is 2.29 bits per heavy atom. The van der Waals surface area contributed by atoms with Crippen LogP contribution >= 0.6 is 11.6 Å². The fourth-order valence-electron chi connectivity index (χ4n) is 1.54. The van der Waals surface area contributed by atoms with Gasteiger partial charge in [0, 0.05) is 19.6 Å². The lowest BCUT2D eigenvalue weighted by Crippen LogP contribution is -2.17. The highest BCUT2D eigenvalue weighted by molar-refractivity contribution is 6.31. The van der Waals surface area contributed by atoms with Crippen molar-refractivity contribution in [1.82, 2.24) is 15.1 Å². The summed E-state index contributed by atoms with van der Waals surface area (Å²) < 4.78 is 1.89. The third-order valence-corrected chi connectivity index (χ3v) is 3.07. The molecular weight excluding hydrogens is 198 g/mol. The summed E-state index contributed by atoms with van der Waals surface area (Å²) in [6, 6.07) is 0.714. The Morgan fingerprint density at radius 3 is 2.79 bits per heavy atom. The minimum atomic E-state index is 0.714. The van der Waals surface area contributed by atoms with E-state index in [0.29, 0.717) is 6.04 Å². The quantitative estimate of drug-likeness (QED) is 0.828. The number of aromatic nitrogens is 2. The number of nitrogens with one attached hydrogen (secondary N) is 1.